The van der Waals surface area contributed by atoms with Crippen LogP contribution in [0.5, 0.6) is 5.88 Å². The molecule has 0 aliphatic carbocycles. The average Bonchev–Trinajstić information content (AvgIpc) is 2.15. The molecule has 1 heterocycles. The lowest BCUT2D eigenvalue weighted by Crippen LogP contribution is -2.11. The number of methoxy groups -OCH3 is 1. The number of ether oxygens (including phenoxy) is 1. The molecule has 0 atom stereocenters. The van der Waals surface area contributed by atoms with Gasteiger partial charge in [-0.2, -0.15) is 13.2 Å². The molecule has 0 aromatic carbocycles. The molecule has 0 radical (unpaired) electrons. The maximum atomic E-state index is 12.4. The summed E-state index contributed by atoms with van der Waals surface area (Å²) < 4.78 is 41.7. The van der Waals surface area contributed by atoms with Crippen LogP contribution in [0.4, 0.5) is 13.2 Å². The molecule has 0 aliphatic heterocycles. The summed E-state index contributed by atoms with van der Waals surface area (Å²) in [5, 5.41) is 0. The molecule has 1 aromatic heterocycles. The van der Waals surface area contributed by atoms with Gasteiger partial charge in [0.2, 0.25) is 5.88 Å². The Labute approximate surface area is 83.7 Å². The molecular formula is C8H7ClF3NO. The minimum absolute atomic E-state index is 0.0556. The van der Waals surface area contributed by atoms with Crippen molar-refractivity contribution in [1.29, 1.82) is 0 Å². The third-order valence-corrected chi connectivity index (χ3v) is 1.86. The monoisotopic (exact) mass is 225 g/mol. The first-order valence-electron chi connectivity index (χ1n) is 3.66. The fraction of sp³-hybridized carbons (Fsp3) is 0.375. The van der Waals surface area contributed by atoms with Crippen molar-refractivity contribution in [3.63, 3.8) is 0 Å². The van der Waals surface area contributed by atoms with E-state index in [-0.39, 0.29) is 17.3 Å². The molecule has 1 rings (SSSR count). The van der Waals surface area contributed by atoms with E-state index in [1.165, 1.54) is 19.2 Å². The van der Waals surface area contributed by atoms with Crippen molar-refractivity contribution in [3.05, 3.63) is 23.4 Å². The van der Waals surface area contributed by atoms with Gasteiger partial charge in [-0.05, 0) is 5.56 Å². The zero-order valence-corrected chi connectivity index (χ0v) is 7.99. The first-order chi connectivity index (χ1) is 6.49. The minimum atomic E-state index is -4.50. The molecule has 0 fully saturated rings. The molecule has 1 aromatic rings. The number of aromatic nitrogens is 1. The van der Waals surface area contributed by atoms with Crippen molar-refractivity contribution in [2.45, 2.75) is 12.1 Å². The van der Waals surface area contributed by atoms with E-state index in [1.54, 1.807) is 0 Å². The molecule has 0 saturated heterocycles. The standard InChI is InChI=1S/C8H7ClF3NO/c1-14-6-3-2-5(4-9)7(13-6)8(10,11)12/h2-3H,4H2,1H3. The predicted octanol–water partition coefficient (Wildman–Crippen LogP) is 2.85. The van der Waals surface area contributed by atoms with Crippen LogP contribution in [0.15, 0.2) is 12.1 Å². The highest BCUT2D eigenvalue weighted by molar-refractivity contribution is 6.17. The van der Waals surface area contributed by atoms with E-state index in [9.17, 15) is 13.2 Å². The summed E-state index contributed by atoms with van der Waals surface area (Å²) in [4.78, 5) is 3.30. The number of nitrogens with zero attached hydrogens (tertiary/aromatic N) is 1. The van der Waals surface area contributed by atoms with E-state index in [0.717, 1.165) is 0 Å². The van der Waals surface area contributed by atoms with E-state index >= 15 is 0 Å². The molecular weight excluding hydrogens is 219 g/mol. The third kappa shape index (κ3) is 2.29. The van der Waals surface area contributed by atoms with Crippen LogP contribution in [-0.2, 0) is 12.1 Å². The van der Waals surface area contributed by atoms with Crippen molar-refractivity contribution in [2.24, 2.45) is 0 Å². The van der Waals surface area contributed by atoms with Crippen LogP contribution in [0.2, 0.25) is 0 Å². The summed E-state index contributed by atoms with van der Waals surface area (Å²) in [6.07, 6.45) is -4.50. The van der Waals surface area contributed by atoms with Crippen molar-refractivity contribution in [3.8, 4) is 5.88 Å². The van der Waals surface area contributed by atoms with Crippen LogP contribution in [0.25, 0.3) is 0 Å². The maximum absolute atomic E-state index is 12.4. The first kappa shape index (κ1) is 11.1. The highest BCUT2D eigenvalue weighted by Gasteiger charge is 2.35. The molecule has 6 heteroatoms. The van der Waals surface area contributed by atoms with Gasteiger partial charge >= 0.3 is 6.18 Å². The van der Waals surface area contributed by atoms with E-state index in [2.05, 4.69) is 9.72 Å². The van der Waals surface area contributed by atoms with Gasteiger partial charge in [-0.15, -0.1) is 11.6 Å². The Morgan fingerprint density at radius 3 is 2.50 bits per heavy atom. The van der Waals surface area contributed by atoms with Crippen LogP contribution in [0.3, 0.4) is 0 Å². The second-order valence-corrected chi connectivity index (χ2v) is 2.76. The van der Waals surface area contributed by atoms with Crippen LogP contribution in [0.1, 0.15) is 11.3 Å². The number of hydrogen-bond acceptors (Lipinski definition) is 2. The van der Waals surface area contributed by atoms with Crippen LogP contribution >= 0.6 is 11.6 Å². The van der Waals surface area contributed by atoms with Gasteiger partial charge in [0.1, 0.15) is 0 Å². The summed E-state index contributed by atoms with van der Waals surface area (Å²) in [7, 11) is 1.25. The van der Waals surface area contributed by atoms with Crippen LogP contribution in [-0.4, -0.2) is 12.1 Å². The molecule has 78 valence electrons. The van der Waals surface area contributed by atoms with E-state index in [0.29, 0.717) is 0 Å². The lowest BCUT2D eigenvalue weighted by atomic mass is 10.2. The summed E-state index contributed by atoms with van der Waals surface area (Å²) in [6.45, 7) is 0. The predicted molar refractivity (Wildman–Crippen MR) is 45.3 cm³/mol. The van der Waals surface area contributed by atoms with E-state index < -0.39 is 11.9 Å². The number of alkyl halides is 4. The molecule has 0 N–H and O–H groups in total. The second-order valence-electron chi connectivity index (χ2n) is 2.49. The SMILES string of the molecule is COc1ccc(CCl)c(C(F)(F)F)n1. The zero-order chi connectivity index (χ0) is 10.8. The van der Waals surface area contributed by atoms with E-state index in [4.69, 9.17) is 11.6 Å². The quantitative estimate of drug-likeness (QED) is 0.722. The van der Waals surface area contributed by atoms with Crippen molar-refractivity contribution in [1.82, 2.24) is 4.98 Å². The summed E-state index contributed by atoms with van der Waals surface area (Å²) in [6, 6.07) is 2.59. The topological polar surface area (TPSA) is 22.1 Å². The molecule has 0 saturated carbocycles. The molecule has 14 heavy (non-hydrogen) atoms. The average molecular weight is 226 g/mol. The fourth-order valence-electron chi connectivity index (χ4n) is 0.937. The summed E-state index contributed by atoms with van der Waals surface area (Å²) >= 11 is 5.35. The third-order valence-electron chi connectivity index (χ3n) is 1.57. The first-order valence-corrected chi connectivity index (χ1v) is 4.19. The fourth-order valence-corrected chi connectivity index (χ4v) is 1.15. The summed E-state index contributed by atoms with van der Waals surface area (Å²) in [5.74, 6) is -0.308. The Kier molecular flexibility index (Phi) is 3.21. The highest BCUT2D eigenvalue weighted by Crippen LogP contribution is 2.32. The Morgan fingerprint density at radius 1 is 1.43 bits per heavy atom. The Morgan fingerprint density at radius 2 is 2.07 bits per heavy atom. The van der Waals surface area contributed by atoms with Gasteiger partial charge in [-0.25, -0.2) is 4.98 Å². The Hall–Kier alpha value is -0.970. The molecule has 2 nitrogen and oxygen atoms in total. The number of halogens is 4. The normalized spacial score (nSPS) is 11.5. The molecule has 0 unspecified atom stereocenters. The Balaban J connectivity index is 3.22. The van der Waals surface area contributed by atoms with Gasteiger partial charge in [-0.1, -0.05) is 6.07 Å². The molecule has 0 bridgehead atoms. The van der Waals surface area contributed by atoms with Gasteiger partial charge in [0, 0.05) is 11.9 Å². The molecule has 0 spiro atoms. The largest absolute Gasteiger partial charge is 0.481 e. The van der Waals surface area contributed by atoms with Crippen molar-refractivity contribution >= 4 is 11.6 Å². The van der Waals surface area contributed by atoms with Crippen LogP contribution in [0, 0.1) is 0 Å². The summed E-state index contributed by atoms with van der Waals surface area (Å²) in [5.41, 5.74) is -1.05. The van der Waals surface area contributed by atoms with Crippen molar-refractivity contribution < 1.29 is 17.9 Å². The molecule has 0 amide bonds. The van der Waals surface area contributed by atoms with Gasteiger partial charge < -0.3 is 4.74 Å². The Bertz CT molecular complexity index is 327. The number of rotatable bonds is 2. The van der Waals surface area contributed by atoms with Gasteiger partial charge in [-0.3, -0.25) is 0 Å². The van der Waals surface area contributed by atoms with Gasteiger partial charge in [0.05, 0.1) is 7.11 Å². The lowest BCUT2D eigenvalue weighted by Gasteiger charge is -2.10. The minimum Gasteiger partial charge on any atom is -0.481 e. The second kappa shape index (κ2) is 4.04. The van der Waals surface area contributed by atoms with Gasteiger partial charge in [0.25, 0.3) is 0 Å². The van der Waals surface area contributed by atoms with Crippen LogP contribution < -0.4 is 4.74 Å². The van der Waals surface area contributed by atoms with Gasteiger partial charge in [0.15, 0.2) is 5.69 Å². The zero-order valence-electron chi connectivity index (χ0n) is 7.23. The smallest absolute Gasteiger partial charge is 0.433 e. The lowest BCUT2D eigenvalue weighted by molar-refractivity contribution is -0.141. The molecule has 0 aliphatic rings. The maximum Gasteiger partial charge on any atom is 0.433 e. The highest BCUT2D eigenvalue weighted by atomic mass is 35.5. The van der Waals surface area contributed by atoms with Crippen molar-refractivity contribution in [2.75, 3.05) is 7.11 Å². The number of hydrogen-bond donors (Lipinski definition) is 0. The van der Waals surface area contributed by atoms with E-state index in [1.807, 2.05) is 0 Å². The number of pyridine rings is 1.